The van der Waals surface area contributed by atoms with Gasteiger partial charge in [-0.1, -0.05) is 12.1 Å². The number of phenolic OH excluding ortho intramolecular Hbond substituents is 2. The third-order valence-corrected chi connectivity index (χ3v) is 3.00. The van der Waals surface area contributed by atoms with E-state index in [-0.39, 0.29) is 23.0 Å². The van der Waals surface area contributed by atoms with Crippen molar-refractivity contribution in [1.29, 1.82) is 0 Å². The Morgan fingerprint density at radius 3 is 2.52 bits per heavy atom. The molecule has 0 heterocycles. The summed E-state index contributed by atoms with van der Waals surface area (Å²) in [6.45, 7) is 0.447. The van der Waals surface area contributed by atoms with Crippen LogP contribution in [0.2, 0.25) is 0 Å². The summed E-state index contributed by atoms with van der Waals surface area (Å²) in [5.41, 5.74) is 1.27. The molecule has 0 fully saturated rings. The van der Waals surface area contributed by atoms with Crippen molar-refractivity contribution in [3.63, 3.8) is 0 Å². The summed E-state index contributed by atoms with van der Waals surface area (Å²) in [4.78, 5) is 11.9. The van der Waals surface area contributed by atoms with Crippen LogP contribution in [0.25, 0.3) is 0 Å². The molecular formula is C16H17NO4. The number of amides is 1. The van der Waals surface area contributed by atoms with E-state index in [4.69, 9.17) is 4.74 Å². The summed E-state index contributed by atoms with van der Waals surface area (Å²) in [5, 5.41) is 21.4. The van der Waals surface area contributed by atoms with Gasteiger partial charge in [0.2, 0.25) is 0 Å². The molecule has 0 bridgehead atoms. The molecule has 3 N–H and O–H groups in total. The largest absolute Gasteiger partial charge is 0.508 e. The number of nitrogens with one attached hydrogen (secondary N) is 1. The molecule has 1 amide bonds. The topological polar surface area (TPSA) is 78.8 Å². The van der Waals surface area contributed by atoms with E-state index in [9.17, 15) is 15.0 Å². The van der Waals surface area contributed by atoms with Gasteiger partial charge in [-0.05, 0) is 36.2 Å². The van der Waals surface area contributed by atoms with E-state index in [1.165, 1.54) is 18.2 Å². The van der Waals surface area contributed by atoms with Crippen molar-refractivity contribution < 1.29 is 19.7 Å². The summed E-state index contributed by atoms with van der Waals surface area (Å²) >= 11 is 0. The maximum absolute atomic E-state index is 11.9. The number of phenols is 2. The number of benzene rings is 2. The lowest BCUT2D eigenvalue weighted by Gasteiger charge is -2.07. The molecule has 110 valence electrons. The van der Waals surface area contributed by atoms with Crippen LogP contribution in [0.4, 0.5) is 0 Å². The fraction of sp³-hybridized carbons (Fsp3) is 0.188. The zero-order chi connectivity index (χ0) is 15.2. The summed E-state index contributed by atoms with van der Waals surface area (Å²) in [6.07, 6.45) is 0.660. The van der Waals surface area contributed by atoms with Crippen molar-refractivity contribution in [3.8, 4) is 17.2 Å². The second kappa shape index (κ2) is 6.65. The highest BCUT2D eigenvalue weighted by Crippen LogP contribution is 2.20. The highest BCUT2D eigenvalue weighted by atomic mass is 16.5. The minimum atomic E-state index is -0.343. The van der Waals surface area contributed by atoms with Crippen LogP contribution >= 0.6 is 0 Å². The second-order valence-electron chi connectivity index (χ2n) is 4.60. The monoisotopic (exact) mass is 287 g/mol. The van der Waals surface area contributed by atoms with Crippen molar-refractivity contribution >= 4 is 5.91 Å². The molecule has 0 aliphatic heterocycles. The number of rotatable bonds is 5. The van der Waals surface area contributed by atoms with Crippen LogP contribution < -0.4 is 10.1 Å². The smallest absolute Gasteiger partial charge is 0.251 e. The molecule has 0 aliphatic rings. The number of hydrogen-bond donors (Lipinski definition) is 3. The van der Waals surface area contributed by atoms with Crippen LogP contribution in [0.15, 0.2) is 42.5 Å². The van der Waals surface area contributed by atoms with Crippen LogP contribution in [0, 0.1) is 0 Å². The Labute approximate surface area is 122 Å². The van der Waals surface area contributed by atoms with Gasteiger partial charge in [-0.15, -0.1) is 0 Å². The molecule has 21 heavy (non-hydrogen) atoms. The van der Waals surface area contributed by atoms with Gasteiger partial charge in [0.15, 0.2) is 0 Å². The standard InChI is InChI=1S/C16H17NO4/c1-21-15-4-2-3-11(7-15)5-6-17-16(20)12-8-13(18)10-14(19)9-12/h2-4,7-10,18-19H,5-6H2,1H3,(H,17,20). The Hall–Kier alpha value is -2.69. The van der Waals surface area contributed by atoms with Gasteiger partial charge in [-0.25, -0.2) is 0 Å². The average molecular weight is 287 g/mol. The lowest BCUT2D eigenvalue weighted by molar-refractivity contribution is 0.0953. The van der Waals surface area contributed by atoms with E-state index < -0.39 is 0 Å². The molecule has 2 rings (SSSR count). The minimum Gasteiger partial charge on any atom is -0.508 e. The first-order valence-electron chi connectivity index (χ1n) is 6.52. The Balaban J connectivity index is 1.92. The van der Waals surface area contributed by atoms with Gasteiger partial charge >= 0.3 is 0 Å². The van der Waals surface area contributed by atoms with E-state index in [1.807, 2.05) is 24.3 Å². The third-order valence-electron chi connectivity index (χ3n) is 3.00. The molecule has 0 spiro atoms. The molecule has 0 saturated heterocycles. The molecule has 0 unspecified atom stereocenters. The summed E-state index contributed by atoms with van der Waals surface area (Å²) in [5.74, 6) is 0.140. The van der Waals surface area contributed by atoms with Gasteiger partial charge in [0.1, 0.15) is 17.2 Å². The van der Waals surface area contributed by atoms with Crippen molar-refractivity contribution in [1.82, 2.24) is 5.32 Å². The molecular weight excluding hydrogens is 270 g/mol. The Kier molecular flexibility index (Phi) is 4.66. The van der Waals surface area contributed by atoms with Crippen molar-refractivity contribution in [2.75, 3.05) is 13.7 Å². The molecule has 0 aliphatic carbocycles. The molecule has 2 aromatic carbocycles. The van der Waals surface area contributed by atoms with E-state index in [0.717, 1.165) is 11.3 Å². The van der Waals surface area contributed by atoms with Gasteiger partial charge in [0, 0.05) is 18.2 Å². The van der Waals surface area contributed by atoms with E-state index >= 15 is 0 Å². The zero-order valence-electron chi connectivity index (χ0n) is 11.7. The third kappa shape index (κ3) is 4.14. The highest BCUT2D eigenvalue weighted by Gasteiger charge is 2.08. The Morgan fingerprint density at radius 2 is 1.86 bits per heavy atom. The van der Waals surface area contributed by atoms with Gasteiger partial charge in [0.25, 0.3) is 5.91 Å². The van der Waals surface area contributed by atoms with Crippen LogP contribution in [0.3, 0.4) is 0 Å². The van der Waals surface area contributed by atoms with Crippen LogP contribution in [0.5, 0.6) is 17.2 Å². The van der Waals surface area contributed by atoms with Gasteiger partial charge in [0.05, 0.1) is 7.11 Å². The van der Waals surface area contributed by atoms with Gasteiger partial charge in [-0.2, -0.15) is 0 Å². The Morgan fingerprint density at radius 1 is 1.14 bits per heavy atom. The number of carbonyl (C=O) groups is 1. The maximum atomic E-state index is 11.9. The van der Waals surface area contributed by atoms with E-state index in [0.29, 0.717) is 13.0 Å². The molecule has 0 atom stereocenters. The quantitative estimate of drug-likeness (QED) is 0.786. The van der Waals surface area contributed by atoms with Crippen molar-refractivity contribution in [2.45, 2.75) is 6.42 Å². The predicted octanol–water partition coefficient (Wildman–Crippen LogP) is 2.08. The van der Waals surface area contributed by atoms with Crippen molar-refractivity contribution in [2.24, 2.45) is 0 Å². The fourth-order valence-electron chi connectivity index (χ4n) is 1.98. The fourth-order valence-corrected chi connectivity index (χ4v) is 1.98. The summed E-state index contributed by atoms with van der Waals surface area (Å²) in [7, 11) is 1.61. The lowest BCUT2D eigenvalue weighted by atomic mass is 10.1. The molecule has 5 nitrogen and oxygen atoms in total. The van der Waals surface area contributed by atoms with Crippen LogP contribution in [-0.4, -0.2) is 29.8 Å². The molecule has 0 saturated carbocycles. The number of methoxy groups -OCH3 is 1. The van der Waals surface area contributed by atoms with E-state index in [1.54, 1.807) is 7.11 Å². The van der Waals surface area contributed by atoms with Crippen molar-refractivity contribution in [3.05, 3.63) is 53.6 Å². The van der Waals surface area contributed by atoms with Gasteiger partial charge < -0.3 is 20.3 Å². The predicted molar refractivity (Wildman–Crippen MR) is 78.8 cm³/mol. The second-order valence-corrected chi connectivity index (χ2v) is 4.60. The normalized spacial score (nSPS) is 10.1. The first-order chi connectivity index (χ1) is 10.1. The van der Waals surface area contributed by atoms with E-state index in [2.05, 4.69) is 5.32 Å². The Bertz CT molecular complexity index is 620. The van der Waals surface area contributed by atoms with Gasteiger partial charge in [-0.3, -0.25) is 4.79 Å². The molecule has 2 aromatic rings. The number of aromatic hydroxyl groups is 2. The molecule has 0 aromatic heterocycles. The number of carbonyl (C=O) groups excluding carboxylic acids is 1. The molecule has 0 radical (unpaired) electrons. The summed E-state index contributed by atoms with van der Waals surface area (Å²) in [6, 6.07) is 11.4. The average Bonchev–Trinajstić information content (AvgIpc) is 2.46. The first kappa shape index (κ1) is 14.7. The lowest BCUT2D eigenvalue weighted by Crippen LogP contribution is -2.25. The zero-order valence-corrected chi connectivity index (χ0v) is 11.7. The highest BCUT2D eigenvalue weighted by molar-refractivity contribution is 5.95. The summed E-state index contributed by atoms with van der Waals surface area (Å²) < 4.78 is 5.14. The molecule has 5 heteroatoms. The minimum absolute atomic E-state index is 0.145. The van der Waals surface area contributed by atoms with Crippen LogP contribution in [-0.2, 0) is 6.42 Å². The maximum Gasteiger partial charge on any atom is 0.251 e. The number of ether oxygens (including phenoxy) is 1. The first-order valence-corrected chi connectivity index (χ1v) is 6.52. The number of hydrogen-bond acceptors (Lipinski definition) is 4. The van der Waals surface area contributed by atoms with Crippen LogP contribution in [0.1, 0.15) is 15.9 Å². The SMILES string of the molecule is COc1cccc(CCNC(=O)c2cc(O)cc(O)c2)c1.